The fourth-order valence-electron chi connectivity index (χ4n) is 2.15. The molecule has 0 bridgehead atoms. The Morgan fingerprint density at radius 1 is 0.889 bits per heavy atom. The molecular formula is C17H16O. The van der Waals surface area contributed by atoms with Crippen LogP contribution in [0.3, 0.4) is 0 Å². The van der Waals surface area contributed by atoms with Crippen LogP contribution in [0.15, 0.2) is 60.7 Å². The number of allylic oxidation sites excluding steroid dienone is 1. The summed E-state index contributed by atoms with van der Waals surface area (Å²) in [7, 11) is 0. The molecular weight excluding hydrogens is 220 g/mol. The zero-order chi connectivity index (χ0) is 13.0. The lowest BCUT2D eigenvalue weighted by molar-refractivity contribution is 0.565. The first-order valence-corrected chi connectivity index (χ1v) is 6.03. The summed E-state index contributed by atoms with van der Waals surface area (Å²) < 4.78 is 0. The van der Waals surface area contributed by atoms with E-state index in [1.54, 1.807) is 0 Å². The average Bonchev–Trinajstić information content (AvgIpc) is 2.41. The van der Waals surface area contributed by atoms with E-state index in [2.05, 4.69) is 19.8 Å². The molecule has 0 spiro atoms. The molecule has 1 heteroatoms. The molecule has 0 fully saturated rings. The maximum absolute atomic E-state index is 11.4. The van der Waals surface area contributed by atoms with E-state index in [1.165, 1.54) is 0 Å². The maximum atomic E-state index is 11.4. The maximum Gasteiger partial charge on any atom is 0.129 e. The van der Waals surface area contributed by atoms with Crippen molar-refractivity contribution in [3.63, 3.8) is 0 Å². The summed E-state index contributed by atoms with van der Waals surface area (Å²) in [6.45, 7) is 4.10. The quantitative estimate of drug-likeness (QED) is 0.739. The van der Waals surface area contributed by atoms with Crippen molar-refractivity contribution in [3.8, 4) is 0 Å². The summed E-state index contributed by atoms with van der Waals surface area (Å²) in [5.41, 5.74) is 2.40. The third-order valence-corrected chi connectivity index (χ3v) is 3.29. The SMILES string of the molecule is CC(C)(C(=C=O)c1ccccc1)c1ccccc1. The van der Waals surface area contributed by atoms with Gasteiger partial charge in [0.1, 0.15) is 5.94 Å². The lowest BCUT2D eigenvalue weighted by Gasteiger charge is -2.26. The molecule has 0 saturated heterocycles. The normalized spacial score (nSPS) is 10.8. The molecule has 0 aromatic heterocycles. The molecule has 0 heterocycles. The highest BCUT2D eigenvalue weighted by Gasteiger charge is 2.27. The second-order valence-electron chi connectivity index (χ2n) is 4.83. The topological polar surface area (TPSA) is 17.1 Å². The van der Waals surface area contributed by atoms with Crippen LogP contribution in [0.5, 0.6) is 0 Å². The zero-order valence-corrected chi connectivity index (χ0v) is 10.7. The van der Waals surface area contributed by atoms with Gasteiger partial charge in [0, 0.05) is 5.41 Å². The van der Waals surface area contributed by atoms with Gasteiger partial charge in [0.2, 0.25) is 0 Å². The first kappa shape index (κ1) is 12.3. The monoisotopic (exact) mass is 236 g/mol. The molecule has 0 unspecified atom stereocenters. The van der Waals surface area contributed by atoms with Gasteiger partial charge >= 0.3 is 0 Å². The fourth-order valence-corrected chi connectivity index (χ4v) is 2.15. The Bertz CT molecular complexity index is 561. The van der Waals surface area contributed by atoms with Crippen molar-refractivity contribution >= 4 is 11.5 Å². The summed E-state index contributed by atoms with van der Waals surface area (Å²) >= 11 is 0. The summed E-state index contributed by atoms with van der Waals surface area (Å²) in [5, 5.41) is 0. The van der Waals surface area contributed by atoms with E-state index in [-0.39, 0.29) is 5.41 Å². The van der Waals surface area contributed by atoms with Gasteiger partial charge in [-0.1, -0.05) is 74.5 Å². The van der Waals surface area contributed by atoms with Crippen molar-refractivity contribution in [2.75, 3.05) is 0 Å². The first-order chi connectivity index (χ1) is 8.66. The van der Waals surface area contributed by atoms with Crippen molar-refractivity contribution < 1.29 is 4.79 Å². The van der Waals surface area contributed by atoms with Crippen molar-refractivity contribution in [1.29, 1.82) is 0 Å². The highest BCUT2D eigenvalue weighted by Crippen LogP contribution is 2.35. The Morgan fingerprint density at radius 3 is 1.89 bits per heavy atom. The average molecular weight is 236 g/mol. The third-order valence-electron chi connectivity index (χ3n) is 3.29. The van der Waals surface area contributed by atoms with E-state index < -0.39 is 0 Å². The molecule has 90 valence electrons. The van der Waals surface area contributed by atoms with E-state index >= 15 is 0 Å². The van der Waals surface area contributed by atoms with Crippen molar-refractivity contribution in [2.24, 2.45) is 0 Å². The number of rotatable bonds is 3. The van der Waals surface area contributed by atoms with E-state index in [0.717, 1.165) is 11.1 Å². The molecule has 1 nitrogen and oxygen atoms in total. The Balaban J connectivity index is 2.50. The molecule has 0 amide bonds. The van der Waals surface area contributed by atoms with Crippen LogP contribution >= 0.6 is 0 Å². The predicted octanol–water partition coefficient (Wildman–Crippen LogP) is 3.88. The molecule has 0 saturated carbocycles. The molecule has 0 aliphatic rings. The molecule has 2 aromatic carbocycles. The van der Waals surface area contributed by atoms with Crippen LogP contribution in [-0.4, -0.2) is 5.94 Å². The van der Waals surface area contributed by atoms with E-state index in [9.17, 15) is 4.79 Å². The van der Waals surface area contributed by atoms with Crippen LogP contribution in [0.1, 0.15) is 25.0 Å². The number of benzene rings is 2. The van der Waals surface area contributed by atoms with Crippen molar-refractivity contribution in [2.45, 2.75) is 19.3 Å². The minimum atomic E-state index is -0.343. The summed E-state index contributed by atoms with van der Waals surface area (Å²) in [5.74, 6) is 2.12. The van der Waals surface area contributed by atoms with Gasteiger partial charge in [-0.05, 0) is 11.1 Å². The molecule has 18 heavy (non-hydrogen) atoms. The van der Waals surface area contributed by atoms with Gasteiger partial charge in [-0.3, -0.25) is 0 Å². The minimum absolute atomic E-state index is 0.343. The molecule has 0 radical (unpaired) electrons. The highest BCUT2D eigenvalue weighted by molar-refractivity contribution is 5.92. The van der Waals surface area contributed by atoms with Crippen molar-refractivity contribution in [1.82, 2.24) is 0 Å². The minimum Gasteiger partial charge on any atom is -0.233 e. The van der Waals surface area contributed by atoms with Crippen molar-refractivity contribution in [3.05, 3.63) is 71.8 Å². The van der Waals surface area contributed by atoms with Crippen LogP contribution in [0.25, 0.3) is 5.57 Å². The van der Waals surface area contributed by atoms with Gasteiger partial charge in [-0.25, -0.2) is 4.79 Å². The molecule has 2 rings (SSSR count). The lowest BCUT2D eigenvalue weighted by atomic mass is 9.75. The van der Waals surface area contributed by atoms with Gasteiger partial charge in [-0.2, -0.15) is 0 Å². The number of carbonyl (C=O) groups excluding carboxylic acids is 1. The fraction of sp³-hybridized carbons (Fsp3) is 0.176. The largest absolute Gasteiger partial charge is 0.233 e. The number of hydrogen-bond acceptors (Lipinski definition) is 1. The first-order valence-electron chi connectivity index (χ1n) is 6.03. The Morgan fingerprint density at radius 2 is 1.39 bits per heavy atom. The van der Waals surface area contributed by atoms with E-state index in [0.29, 0.717) is 5.57 Å². The van der Waals surface area contributed by atoms with Crippen LogP contribution in [0.4, 0.5) is 0 Å². The van der Waals surface area contributed by atoms with E-state index in [4.69, 9.17) is 0 Å². The molecule has 0 aliphatic carbocycles. The summed E-state index contributed by atoms with van der Waals surface area (Å²) in [4.78, 5) is 11.4. The zero-order valence-electron chi connectivity index (χ0n) is 10.7. The van der Waals surface area contributed by atoms with Gasteiger partial charge in [0.05, 0.1) is 5.57 Å². The second kappa shape index (κ2) is 5.03. The standard InChI is InChI=1S/C17H16O/c1-17(2,15-11-7-4-8-12-15)16(13-18)14-9-5-3-6-10-14/h3-12H,1-2H3. The van der Waals surface area contributed by atoms with Gasteiger partial charge < -0.3 is 0 Å². The van der Waals surface area contributed by atoms with E-state index in [1.807, 2.05) is 60.7 Å². The Labute approximate surface area is 108 Å². The summed E-state index contributed by atoms with van der Waals surface area (Å²) in [6, 6.07) is 19.8. The number of hydrogen-bond donors (Lipinski definition) is 0. The molecule has 0 atom stereocenters. The smallest absolute Gasteiger partial charge is 0.129 e. The summed E-state index contributed by atoms with van der Waals surface area (Å²) in [6.07, 6.45) is 0. The van der Waals surface area contributed by atoms with Gasteiger partial charge in [-0.15, -0.1) is 0 Å². The van der Waals surface area contributed by atoms with Crippen LogP contribution in [0.2, 0.25) is 0 Å². The van der Waals surface area contributed by atoms with Gasteiger partial charge in [0.25, 0.3) is 0 Å². The van der Waals surface area contributed by atoms with Crippen LogP contribution in [-0.2, 0) is 10.2 Å². The predicted molar refractivity (Wildman–Crippen MR) is 75.0 cm³/mol. The molecule has 0 N–H and O–H groups in total. The Kier molecular flexibility index (Phi) is 3.45. The Hall–Kier alpha value is -2.11. The molecule has 0 aliphatic heterocycles. The van der Waals surface area contributed by atoms with Crippen LogP contribution in [0, 0.1) is 0 Å². The highest BCUT2D eigenvalue weighted by atomic mass is 16.1. The van der Waals surface area contributed by atoms with Crippen LogP contribution < -0.4 is 0 Å². The van der Waals surface area contributed by atoms with Gasteiger partial charge in [0.15, 0.2) is 0 Å². The third kappa shape index (κ3) is 2.27. The lowest BCUT2D eigenvalue weighted by Crippen LogP contribution is -2.19. The molecule has 2 aromatic rings. The second-order valence-corrected chi connectivity index (χ2v) is 4.83.